The number of halogens is 21. The van der Waals surface area contributed by atoms with Gasteiger partial charge in [0.1, 0.15) is 17.3 Å². The molecule has 0 amide bonds. The van der Waals surface area contributed by atoms with Gasteiger partial charge < -0.3 is 0 Å². The second-order valence-corrected chi connectivity index (χ2v) is 14.8. The molecular weight excluding hydrogens is 970 g/mol. The fourth-order valence-corrected chi connectivity index (χ4v) is 2.63. The molecule has 0 atom stereocenters. The van der Waals surface area contributed by atoms with Crippen LogP contribution >= 0.6 is 0 Å². The van der Waals surface area contributed by atoms with Crippen LogP contribution in [0.3, 0.4) is 0 Å². The van der Waals surface area contributed by atoms with Crippen LogP contribution in [0.25, 0.3) is 0 Å². The average molecular weight is 1000 g/mol. The number of alkyl halides is 21. The van der Waals surface area contributed by atoms with E-state index in [1.54, 1.807) is 0 Å². The van der Waals surface area contributed by atoms with Crippen LogP contribution in [-0.2, 0) is 28.8 Å². The monoisotopic (exact) mass is 1000 g/mol. The quantitative estimate of drug-likeness (QED) is 0.143. The average Bonchev–Trinajstić information content (AvgIpc) is 2.93. The molecule has 0 bridgehead atoms. The second-order valence-electron chi connectivity index (χ2n) is 14.8. The zero-order chi connectivity index (χ0) is 47.6. The summed E-state index contributed by atoms with van der Waals surface area (Å²) < 4.78 is 258. The number of hydrogen-bond donors (Lipinski definition) is 0. The van der Waals surface area contributed by atoms with Gasteiger partial charge in [0.2, 0.25) is 17.3 Å². The van der Waals surface area contributed by atoms with Crippen LogP contribution in [0.15, 0.2) is 0 Å². The first-order valence-corrected chi connectivity index (χ1v) is 14.8. The summed E-state index contributed by atoms with van der Waals surface area (Å²) in [5.74, 6) is -49.2. The summed E-state index contributed by atoms with van der Waals surface area (Å²) in [7, 11) is 0. The van der Waals surface area contributed by atoms with Gasteiger partial charge in [-0.1, -0.05) is 62.3 Å². The van der Waals surface area contributed by atoms with Gasteiger partial charge >= 0.3 is 54.1 Å². The molecule has 0 unspecified atom stereocenters. The van der Waals surface area contributed by atoms with E-state index in [4.69, 9.17) is 0 Å². The minimum Gasteiger partial charge on any atom is -0.299 e. The minimum atomic E-state index is -6.59. The Labute approximate surface area is 333 Å². The van der Waals surface area contributed by atoms with Gasteiger partial charge in [0.05, 0.1) is 19.3 Å². The van der Waals surface area contributed by atoms with Gasteiger partial charge in [0, 0.05) is 42.1 Å². The van der Waals surface area contributed by atoms with Gasteiger partial charge in [-0.2, -0.15) is 92.2 Å². The second kappa shape index (κ2) is 19.0. The first kappa shape index (κ1) is 62.1. The molecule has 3 radical (unpaired) electrons. The van der Waals surface area contributed by atoms with E-state index in [9.17, 15) is 121 Å². The van der Waals surface area contributed by atoms with Crippen molar-refractivity contribution >= 4 is 60.5 Å². The third kappa shape index (κ3) is 14.9. The smallest absolute Gasteiger partial charge is 0.299 e. The molecule has 0 aliphatic rings. The zero-order valence-electron chi connectivity index (χ0n) is 31.1. The molecule has 0 fully saturated rings. The maximum Gasteiger partial charge on any atom is 0.460 e. The van der Waals surface area contributed by atoms with Crippen molar-refractivity contribution < 1.29 is 121 Å². The molecule has 0 aromatic carbocycles. The van der Waals surface area contributed by atoms with Crippen molar-refractivity contribution in [1.82, 2.24) is 0 Å². The normalized spacial score (nSPS) is 14.2. The molecule has 58 heavy (non-hydrogen) atoms. The van der Waals surface area contributed by atoms with Gasteiger partial charge in [-0.15, -0.1) is 0 Å². The van der Waals surface area contributed by atoms with Crippen molar-refractivity contribution in [2.45, 2.75) is 136 Å². The van der Waals surface area contributed by atoms with Crippen molar-refractivity contribution in [1.29, 1.82) is 0 Å². The number of ketones is 6. The molecule has 0 saturated heterocycles. The topological polar surface area (TPSA) is 102 Å². The van der Waals surface area contributed by atoms with Crippen molar-refractivity contribution in [3.63, 3.8) is 0 Å². The van der Waals surface area contributed by atoms with Crippen LogP contribution in [0.5, 0.6) is 0 Å². The Kier molecular flexibility index (Phi) is 20.3. The summed E-state index contributed by atoms with van der Waals surface area (Å²) in [6, 6.07) is 0. The van der Waals surface area contributed by atoms with E-state index in [1.807, 2.05) is 0 Å². The van der Waals surface area contributed by atoms with Crippen LogP contribution in [-0.4, -0.2) is 115 Å². The van der Waals surface area contributed by atoms with Crippen LogP contribution in [0.4, 0.5) is 92.2 Å². The Morgan fingerprint density at radius 3 is 0.483 bits per heavy atom. The first-order chi connectivity index (χ1) is 24.1. The standard InChI is InChI=1S/3C10H11F7O2.In/c3*1-7(2,3)5(18)4-6(19)8(11,12)9(13,14)10(15,16)17;/h3*4H2,1-3H3;. The summed E-state index contributed by atoms with van der Waals surface area (Å²) in [5.41, 5.74) is -3.92. The molecule has 0 aromatic rings. The molecular formula is C30H33F21InO6. The molecule has 0 aliphatic carbocycles. The third-order valence-electron chi connectivity index (χ3n) is 6.77. The van der Waals surface area contributed by atoms with Crippen LogP contribution < -0.4 is 0 Å². The van der Waals surface area contributed by atoms with Gasteiger partial charge in [-0.05, 0) is 0 Å². The van der Waals surface area contributed by atoms with E-state index in [-0.39, 0.29) is 25.8 Å². The van der Waals surface area contributed by atoms with Crippen molar-refractivity contribution in [2.24, 2.45) is 16.2 Å². The molecule has 0 aliphatic heterocycles. The first-order valence-electron chi connectivity index (χ1n) is 14.8. The Bertz CT molecular complexity index is 1310. The Hall–Kier alpha value is -2.58. The van der Waals surface area contributed by atoms with Crippen molar-refractivity contribution in [3.05, 3.63) is 0 Å². The predicted octanol–water partition coefficient (Wildman–Crippen LogP) is 9.80. The van der Waals surface area contributed by atoms with E-state index in [0.29, 0.717) is 0 Å². The van der Waals surface area contributed by atoms with Crippen LogP contribution in [0, 0.1) is 16.2 Å². The van der Waals surface area contributed by atoms with Gasteiger partial charge in [-0.3, -0.25) is 28.8 Å². The number of Topliss-reactive ketones (excluding diaryl/α,β-unsaturated/α-hetero) is 6. The summed E-state index contributed by atoms with van der Waals surface area (Å²) in [5, 5.41) is 0. The zero-order valence-corrected chi connectivity index (χ0v) is 34.4. The largest absolute Gasteiger partial charge is 0.460 e. The van der Waals surface area contributed by atoms with Gasteiger partial charge in [-0.25, -0.2) is 0 Å². The number of rotatable bonds is 12. The molecule has 0 rings (SSSR count). The Morgan fingerprint density at radius 1 is 0.276 bits per heavy atom. The van der Waals surface area contributed by atoms with E-state index in [1.165, 1.54) is 62.3 Å². The van der Waals surface area contributed by atoms with Crippen molar-refractivity contribution in [3.8, 4) is 0 Å². The van der Waals surface area contributed by atoms with Crippen molar-refractivity contribution in [2.75, 3.05) is 0 Å². The molecule has 0 spiro atoms. The molecule has 0 heterocycles. The minimum absolute atomic E-state index is 0. The fraction of sp³-hybridized carbons (Fsp3) is 0.800. The molecule has 0 saturated carbocycles. The predicted molar refractivity (Wildman–Crippen MR) is 156 cm³/mol. The van der Waals surface area contributed by atoms with E-state index < -0.39 is 124 Å². The molecule has 0 N–H and O–H groups in total. The summed E-state index contributed by atoms with van der Waals surface area (Å²) >= 11 is 0. The number of carbonyl (C=O) groups excluding carboxylic acids is 6. The maximum atomic E-state index is 12.9. The molecule has 28 heteroatoms. The number of hydrogen-bond acceptors (Lipinski definition) is 6. The molecule has 6 nitrogen and oxygen atoms in total. The van der Waals surface area contributed by atoms with Crippen LogP contribution in [0.2, 0.25) is 0 Å². The maximum absolute atomic E-state index is 12.9. The number of carbonyl (C=O) groups is 6. The van der Waals surface area contributed by atoms with E-state index >= 15 is 0 Å². The molecule has 0 aromatic heterocycles. The Morgan fingerprint density at radius 2 is 0.397 bits per heavy atom. The summed E-state index contributed by atoms with van der Waals surface area (Å²) in [4.78, 5) is 66.2. The van der Waals surface area contributed by atoms with E-state index in [2.05, 4.69) is 0 Å². The van der Waals surface area contributed by atoms with Crippen LogP contribution in [0.1, 0.15) is 81.6 Å². The van der Waals surface area contributed by atoms with E-state index in [0.717, 1.165) is 0 Å². The summed E-state index contributed by atoms with van der Waals surface area (Å²) in [6.45, 7) is 10.9. The fourth-order valence-electron chi connectivity index (χ4n) is 2.63. The Balaban J connectivity index is -0.000000374. The van der Waals surface area contributed by atoms with Gasteiger partial charge in [0.25, 0.3) is 0 Å². The van der Waals surface area contributed by atoms with Gasteiger partial charge in [0.15, 0.2) is 0 Å². The molecule has 339 valence electrons. The SMILES string of the molecule is CC(C)(C)C(=O)CC(=O)C(F)(F)C(F)(F)C(F)(F)F.CC(C)(C)C(=O)CC(=O)C(F)(F)C(F)(F)C(F)(F)F.CC(C)(C)C(=O)CC(=O)C(F)(F)C(F)(F)C(F)(F)F.[In]. The third-order valence-corrected chi connectivity index (χ3v) is 6.77. The summed E-state index contributed by atoms with van der Waals surface area (Å²) in [6.07, 6.45) is -24.8.